The number of aliphatic hydroxyl groups is 1. The average Bonchev–Trinajstić information content (AvgIpc) is 1.82. The fourth-order valence-corrected chi connectivity index (χ4v) is 2.30. The Labute approximate surface area is 90.4 Å². The molecule has 0 aliphatic carbocycles. The van der Waals surface area contributed by atoms with Gasteiger partial charge in [-0.3, -0.25) is 4.90 Å². The van der Waals surface area contributed by atoms with E-state index in [1.165, 1.54) is 0 Å². The van der Waals surface area contributed by atoms with E-state index in [4.69, 9.17) is 5.11 Å². The highest BCUT2D eigenvalue weighted by molar-refractivity contribution is 9.10. The molecule has 0 spiro atoms. The fraction of sp³-hybridized carbons (Fsp3) is 1.00. The molecule has 0 aliphatic rings. The van der Waals surface area contributed by atoms with Crippen LogP contribution in [0.2, 0.25) is 0 Å². The van der Waals surface area contributed by atoms with Crippen molar-refractivity contribution in [1.82, 2.24) is 4.90 Å². The van der Waals surface area contributed by atoms with Gasteiger partial charge in [0.2, 0.25) is 0 Å². The summed E-state index contributed by atoms with van der Waals surface area (Å²) in [6.45, 7) is 9.69. The molecule has 0 rings (SSSR count). The van der Waals surface area contributed by atoms with Crippen LogP contribution in [0.25, 0.3) is 0 Å². The van der Waals surface area contributed by atoms with Crippen molar-refractivity contribution in [3.8, 4) is 0 Å². The summed E-state index contributed by atoms with van der Waals surface area (Å²) in [5.74, 6) is 0. The van der Waals surface area contributed by atoms with E-state index < -0.39 is 0 Å². The number of halogens is 1. The summed E-state index contributed by atoms with van der Waals surface area (Å²) >= 11 is 3.64. The molecule has 0 amide bonds. The summed E-state index contributed by atoms with van der Waals surface area (Å²) in [5.41, 5.74) is 0.121. The molecule has 0 unspecified atom stereocenters. The number of nitrogens with zero attached hydrogens (tertiary/aromatic N) is 1. The Morgan fingerprint density at radius 1 is 1.23 bits per heavy atom. The summed E-state index contributed by atoms with van der Waals surface area (Å²) in [6.07, 6.45) is 1.05. The number of alkyl halides is 1. The first kappa shape index (κ1) is 13.4. The average molecular weight is 252 g/mol. The quantitative estimate of drug-likeness (QED) is 0.758. The van der Waals surface area contributed by atoms with Gasteiger partial charge < -0.3 is 5.11 Å². The highest BCUT2D eigenvalue weighted by atomic mass is 79.9. The predicted molar refractivity (Wildman–Crippen MR) is 61.4 cm³/mol. The molecule has 1 N–H and O–H groups in total. The summed E-state index contributed by atoms with van der Waals surface area (Å²) in [5, 5.41) is 8.84. The minimum absolute atomic E-state index is 0.121. The second kappa shape index (κ2) is 4.76. The molecule has 0 saturated carbocycles. The van der Waals surface area contributed by atoms with Gasteiger partial charge in [-0.2, -0.15) is 0 Å². The van der Waals surface area contributed by atoms with Gasteiger partial charge in [-0.1, -0.05) is 15.9 Å². The first-order chi connectivity index (χ1) is 5.69. The summed E-state index contributed by atoms with van der Waals surface area (Å²) in [7, 11) is 2.05. The van der Waals surface area contributed by atoms with Crippen LogP contribution in [0.3, 0.4) is 0 Å². The topological polar surface area (TPSA) is 23.5 Å². The zero-order valence-corrected chi connectivity index (χ0v) is 11.0. The van der Waals surface area contributed by atoms with Crippen molar-refractivity contribution in [1.29, 1.82) is 0 Å². The number of hydrogen-bond donors (Lipinski definition) is 1. The third-order valence-electron chi connectivity index (χ3n) is 2.32. The van der Waals surface area contributed by atoms with Crippen molar-refractivity contribution < 1.29 is 5.11 Å². The maximum absolute atomic E-state index is 8.84. The van der Waals surface area contributed by atoms with Crippen LogP contribution in [-0.4, -0.2) is 40.1 Å². The highest BCUT2D eigenvalue weighted by Gasteiger charge is 2.29. The van der Waals surface area contributed by atoms with E-state index in [1.807, 2.05) is 0 Å². The normalized spacial score (nSPS) is 13.8. The van der Waals surface area contributed by atoms with Crippen molar-refractivity contribution >= 4 is 15.9 Å². The maximum atomic E-state index is 8.84. The van der Waals surface area contributed by atoms with Crippen LogP contribution in [0, 0.1) is 0 Å². The zero-order valence-electron chi connectivity index (χ0n) is 9.39. The van der Waals surface area contributed by atoms with Crippen molar-refractivity contribution in [3.05, 3.63) is 0 Å². The lowest BCUT2D eigenvalue weighted by Crippen LogP contribution is -2.45. The standard InChI is InChI=1S/C10H22BrNO/c1-9(2,11)8-10(3,4)12(5)6-7-13/h13H,6-8H2,1-5H3. The third-order valence-corrected chi connectivity index (χ3v) is 2.60. The number of aliphatic hydroxyl groups excluding tert-OH is 1. The smallest absolute Gasteiger partial charge is 0.0558 e. The molecule has 0 heterocycles. The lowest BCUT2D eigenvalue weighted by molar-refractivity contribution is 0.109. The second-order valence-corrected chi connectivity index (χ2v) is 7.00. The van der Waals surface area contributed by atoms with Gasteiger partial charge in [-0.05, 0) is 41.2 Å². The largest absolute Gasteiger partial charge is 0.395 e. The molecule has 0 radical (unpaired) electrons. The van der Waals surface area contributed by atoms with E-state index >= 15 is 0 Å². The predicted octanol–water partition coefficient (Wildman–Crippen LogP) is 2.25. The summed E-state index contributed by atoms with van der Waals surface area (Å²) in [6, 6.07) is 0. The molecule has 13 heavy (non-hydrogen) atoms. The van der Waals surface area contributed by atoms with Gasteiger partial charge >= 0.3 is 0 Å². The van der Waals surface area contributed by atoms with Gasteiger partial charge in [0.15, 0.2) is 0 Å². The Morgan fingerprint density at radius 2 is 1.69 bits per heavy atom. The Kier molecular flexibility index (Phi) is 4.91. The molecule has 80 valence electrons. The molecule has 0 aliphatic heterocycles. The van der Waals surface area contributed by atoms with E-state index in [0.717, 1.165) is 13.0 Å². The van der Waals surface area contributed by atoms with E-state index in [-0.39, 0.29) is 16.5 Å². The lowest BCUT2D eigenvalue weighted by atomic mass is 9.91. The van der Waals surface area contributed by atoms with Crippen LogP contribution in [0.5, 0.6) is 0 Å². The van der Waals surface area contributed by atoms with Gasteiger partial charge in [-0.15, -0.1) is 0 Å². The van der Waals surface area contributed by atoms with Gasteiger partial charge in [0.1, 0.15) is 0 Å². The molecular formula is C10H22BrNO. The van der Waals surface area contributed by atoms with Crippen LogP contribution in [0.1, 0.15) is 34.1 Å². The molecule has 3 heteroatoms. The number of β-amino-alcohol motifs (C(OH)–C–C–N with tert-alkyl or cyclic N) is 1. The SMILES string of the molecule is CN(CCO)C(C)(C)CC(C)(C)Br. The van der Waals surface area contributed by atoms with Crippen LogP contribution in [0.4, 0.5) is 0 Å². The van der Waals surface area contributed by atoms with Crippen molar-refractivity contribution in [2.75, 3.05) is 20.2 Å². The first-order valence-corrected chi connectivity index (χ1v) is 5.49. The van der Waals surface area contributed by atoms with Crippen LogP contribution >= 0.6 is 15.9 Å². The van der Waals surface area contributed by atoms with E-state index in [1.54, 1.807) is 0 Å². The molecule has 0 aromatic rings. The van der Waals surface area contributed by atoms with Crippen molar-refractivity contribution in [2.45, 2.75) is 44.0 Å². The molecule has 0 bridgehead atoms. The van der Waals surface area contributed by atoms with Gasteiger partial charge in [-0.25, -0.2) is 0 Å². The minimum atomic E-state index is 0.121. The van der Waals surface area contributed by atoms with Gasteiger partial charge in [0.25, 0.3) is 0 Å². The number of likely N-dealkylation sites (N-methyl/N-ethyl adjacent to an activating group) is 1. The Morgan fingerprint density at radius 3 is 2.00 bits per heavy atom. The molecule has 0 atom stereocenters. The fourth-order valence-electron chi connectivity index (χ4n) is 1.62. The minimum Gasteiger partial charge on any atom is -0.395 e. The Bertz CT molecular complexity index is 151. The molecule has 0 fully saturated rings. The van der Waals surface area contributed by atoms with Crippen LogP contribution in [0.15, 0.2) is 0 Å². The van der Waals surface area contributed by atoms with Crippen LogP contribution < -0.4 is 0 Å². The van der Waals surface area contributed by atoms with Crippen molar-refractivity contribution in [2.24, 2.45) is 0 Å². The van der Waals surface area contributed by atoms with Crippen molar-refractivity contribution in [3.63, 3.8) is 0 Å². The zero-order chi connectivity index (χ0) is 10.7. The maximum Gasteiger partial charge on any atom is 0.0558 e. The monoisotopic (exact) mass is 251 g/mol. The molecule has 2 nitrogen and oxygen atoms in total. The Balaban J connectivity index is 4.21. The first-order valence-electron chi connectivity index (χ1n) is 4.70. The number of rotatable bonds is 5. The molecular weight excluding hydrogens is 230 g/mol. The lowest BCUT2D eigenvalue weighted by Gasteiger charge is -2.39. The molecule has 0 aromatic heterocycles. The van der Waals surface area contributed by atoms with E-state index in [0.29, 0.717) is 0 Å². The third kappa shape index (κ3) is 5.66. The molecule has 0 aromatic carbocycles. The second-order valence-electron chi connectivity index (χ2n) is 4.85. The summed E-state index contributed by atoms with van der Waals surface area (Å²) in [4.78, 5) is 2.19. The van der Waals surface area contributed by atoms with E-state index in [9.17, 15) is 0 Å². The van der Waals surface area contributed by atoms with Gasteiger partial charge in [0, 0.05) is 16.4 Å². The van der Waals surface area contributed by atoms with Gasteiger partial charge in [0.05, 0.1) is 6.61 Å². The number of hydrogen-bond acceptors (Lipinski definition) is 2. The van der Waals surface area contributed by atoms with E-state index in [2.05, 4.69) is 55.6 Å². The Hall–Kier alpha value is 0.400. The highest BCUT2D eigenvalue weighted by Crippen LogP contribution is 2.30. The van der Waals surface area contributed by atoms with Crippen LogP contribution in [-0.2, 0) is 0 Å². The molecule has 0 saturated heterocycles. The summed E-state index contributed by atoms with van der Waals surface area (Å²) < 4.78 is 0.153.